The van der Waals surface area contributed by atoms with Crippen molar-refractivity contribution in [3.63, 3.8) is 0 Å². The summed E-state index contributed by atoms with van der Waals surface area (Å²) in [7, 11) is 0. The zero-order valence-electron chi connectivity index (χ0n) is 17.4. The van der Waals surface area contributed by atoms with E-state index in [0.29, 0.717) is 11.0 Å². The summed E-state index contributed by atoms with van der Waals surface area (Å²) in [6, 6.07) is 14.0. The van der Waals surface area contributed by atoms with Crippen LogP contribution in [0.4, 0.5) is 5.13 Å². The van der Waals surface area contributed by atoms with E-state index in [0.717, 1.165) is 35.7 Å². The Bertz CT molecular complexity index is 1070. The van der Waals surface area contributed by atoms with Crippen LogP contribution in [0, 0.1) is 11.3 Å². The van der Waals surface area contributed by atoms with Gasteiger partial charge in [-0.25, -0.2) is 0 Å². The Kier molecular flexibility index (Phi) is 7.15. The lowest BCUT2D eigenvalue weighted by molar-refractivity contribution is -0.112. The summed E-state index contributed by atoms with van der Waals surface area (Å²) in [4.78, 5) is 12.6. The maximum absolute atomic E-state index is 12.6. The normalized spacial score (nSPS) is 11.5. The fraction of sp³-hybridized carbons (Fsp3) is 0.304. The van der Waals surface area contributed by atoms with Crippen molar-refractivity contribution in [2.24, 2.45) is 0 Å². The smallest absolute Gasteiger partial charge is 0.268 e. The van der Waals surface area contributed by atoms with E-state index in [-0.39, 0.29) is 5.57 Å². The molecule has 0 aliphatic carbocycles. The Morgan fingerprint density at radius 3 is 2.70 bits per heavy atom. The monoisotopic (exact) mass is 419 g/mol. The molecule has 1 N–H and O–H groups in total. The number of anilines is 1. The molecule has 0 spiro atoms. The highest BCUT2D eigenvalue weighted by Crippen LogP contribution is 2.21. The number of hydrogen-bond donors (Lipinski definition) is 1. The summed E-state index contributed by atoms with van der Waals surface area (Å²) in [6.45, 7) is 6.42. The van der Waals surface area contributed by atoms with Crippen molar-refractivity contribution in [2.75, 3.05) is 5.32 Å². The fourth-order valence-corrected chi connectivity index (χ4v) is 3.74. The van der Waals surface area contributed by atoms with E-state index < -0.39 is 5.91 Å². The molecule has 0 fully saturated rings. The van der Waals surface area contributed by atoms with Crippen molar-refractivity contribution in [1.82, 2.24) is 14.8 Å². The molecule has 30 heavy (non-hydrogen) atoms. The van der Waals surface area contributed by atoms with Crippen LogP contribution in [0.15, 0.2) is 48.2 Å². The first-order valence-electron chi connectivity index (χ1n) is 10.0. The first-order valence-corrected chi connectivity index (χ1v) is 10.9. The lowest BCUT2D eigenvalue weighted by atomic mass is 10.0. The van der Waals surface area contributed by atoms with E-state index >= 15 is 0 Å². The quantitative estimate of drug-likeness (QED) is 0.394. The van der Waals surface area contributed by atoms with Gasteiger partial charge in [0.05, 0.1) is 0 Å². The number of hydrogen-bond acceptors (Lipinski definition) is 5. The van der Waals surface area contributed by atoms with Gasteiger partial charge in [0.25, 0.3) is 5.91 Å². The van der Waals surface area contributed by atoms with Crippen LogP contribution in [0.2, 0.25) is 0 Å². The van der Waals surface area contributed by atoms with Crippen molar-refractivity contribution < 1.29 is 4.79 Å². The van der Waals surface area contributed by atoms with Crippen LogP contribution in [-0.2, 0) is 11.2 Å². The minimum Gasteiger partial charge on any atom is -0.317 e. The molecule has 1 amide bonds. The Morgan fingerprint density at radius 2 is 2.03 bits per heavy atom. The van der Waals surface area contributed by atoms with Crippen LogP contribution in [-0.4, -0.2) is 20.7 Å². The standard InChI is InChI=1S/C23H25N5OS/c1-4-5-8-21-26-27-23(30-21)25-22(29)18(15-24)14-20-7-6-13-28(20)19-11-9-17(10-12-19)16(2)3/h6-7,9-14,16H,4-5,8H2,1-3H3,(H,25,27,29). The van der Waals surface area contributed by atoms with Gasteiger partial charge in [0.15, 0.2) is 0 Å². The number of unbranched alkanes of at least 4 members (excludes halogenated alkanes) is 1. The van der Waals surface area contributed by atoms with Crippen LogP contribution in [0.25, 0.3) is 11.8 Å². The number of nitriles is 1. The molecule has 0 aliphatic heterocycles. The zero-order valence-corrected chi connectivity index (χ0v) is 18.2. The van der Waals surface area contributed by atoms with Crippen LogP contribution in [0.1, 0.15) is 55.8 Å². The SMILES string of the molecule is CCCCc1nnc(NC(=O)C(C#N)=Cc2cccn2-c2ccc(C(C)C)cc2)s1. The molecule has 0 aliphatic rings. The van der Waals surface area contributed by atoms with E-state index in [1.165, 1.54) is 16.9 Å². The number of nitrogens with one attached hydrogen (secondary N) is 1. The van der Waals surface area contributed by atoms with Crippen molar-refractivity contribution in [3.8, 4) is 11.8 Å². The van der Waals surface area contributed by atoms with Gasteiger partial charge in [-0.2, -0.15) is 5.26 Å². The molecule has 7 heteroatoms. The average Bonchev–Trinajstić information content (AvgIpc) is 3.39. The number of nitrogens with zero attached hydrogens (tertiary/aromatic N) is 4. The first kappa shape index (κ1) is 21.5. The molecule has 3 rings (SSSR count). The van der Waals surface area contributed by atoms with Crippen LogP contribution in [0.5, 0.6) is 0 Å². The Morgan fingerprint density at radius 1 is 1.27 bits per heavy atom. The molecular weight excluding hydrogens is 394 g/mol. The Balaban J connectivity index is 1.78. The van der Waals surface area contributed by atoms with E-state index in [1.807, 2.05) is 41.1 Å². The van der Waals surface area contributed by atoms with E-state index in [2.05, 4.69) is 48.4 Å². The summed E-state index contributed by atoms with van der Waals surface area (Å²) in [6.07, 6.45) is 6.44. The van der Waals surface area contributed by atoms with Gasteiger partial charge in [0.1, 0.15) is 16.6 Å². The van der Waals surface area contributed by atoms with Gasteiger partial charge in [-0.15, -0.1) is 10.2 Å². The molecule has 0 bridgehead atoms. The molecule has 6 nitrogen and oxygen atoms in total. The van der Waals surface area contributed by atoms with Crippen LogP contribution >= 0.6 is 11.3 Å². The molecule has 2 heterocycles. The third-order valence-corrected chi connectivity index (χ3v) is 5.61. The van der Waals surface area contributed by atoms with Gasteiger partial charge >= 0.3 is 0 Å². The second kappa shape index (κ2) is 9.99. The third-order valence-electron chi connectivity index (χ3n) is 4.71. The lowest BCUT2D eigenvalue weighted by Gasteiger charge is -2.10. The van der Waals surface area contributed by atoms with Gasteiger partial charge in [-0.05, 0) is 48.2 Å². The first-order chi connectivity index (χ1) is 14.5. The number of benzene rings is 1. The molecule has 0 atom stereocenters. The van der Waals surface area contributed by atoms with E-state index in [9.17, 15) is 10.1 Å². The maximum Gasteiger partial charge on any atom is 0.268 e. The van der Waals surface area contributed by atoms with Crippen molar-refractivity contribution in [1.29, 1.82) is 5.26 Å². The van der Waals surface area contributed by atoms with Crippen molar-refractivity contribution in [2.45, 2.75) is 46.0 Å². The number of rotatable bonds is 8. The zero-order chi connectivity index (χ0) is 21.5. The fourth-order valence-electron chi connectivity index (χ4n) is 2.96. The summed E-state index contributed by atoms with van der Waals surface area (Å²) in [5, 5.41) is 21.6. The molecule has 0 unspecified atom stereocenters. The topological polar surface area (TPSA) is 83.6 Å². The number of aromatic nitrogens is 3. The van der Waals surface area contributed by atoms with Crippen molar-refractivity contribution >= 4 is 28.5 Å². The largest absolute Gasteiger partial charge is 0.317 e. The summed E-state index contributed by atoms with van der Waals surface area (Å²) in [5.74, 6) is -0.0293. The van der Waals surface area contributed by atoms with Crippen molar-refractivity contribution in [3.05, 3.63) is 64.4 Å². The average molecular weight is 420 g/mol. The Labute approximate surface area is 180 Å². The number of carbonyl (C=O) groups is 1. The Hall–Kier alpha value is -3.24. The number of amides is 1. The molecule has 0 saturated heterocycles. The predicted octanol–water partition coefficient (Wildman–Crippen LogP) is 5.34. The molecule has 154 valence electrons. The third kappa shape index (κ3) is 5.22. The van der Waals surface area contributed by atoms with Gasteiger partial charge in [0, 0.05) is 24.0 Å². The van der Waals surface area contributed by atoms with E-state index in [1.54, 1.807) is 6.08 Å². The molecule has 1 aromatic carbocycles. The number of carbonyl (C=O) groups excluding carboxylic acids is 1. The van der Waals surface area contributed by atoms with Gasteiger partial charge in [0.2, 0.25) is 5.13 Å². The minimum absolute atomic E-state index is 0.0130. The summed E-state index contributed by atoms with van der Waals surface area (Å²) >= 11 is 1.34. The van der Waals surface area contributed by atoms with Crippen LogP contribution < -0.4 is 5.32 Å². The minimum atomic E-state index is -0.487. The second-order valence-corrected chi connectivity index (χ2v) is 8.34. The van der Waals surface area contributed by atoms with Gasteiger partial charge in [-0.1, -0.05) is 50.7 Å². The second-order valence-electron chi connectivity index (χ2n) is 7.28. The lowest BCUT2D eigenvalue weighted by Crippen LogP contribution is -2.13. The number of aryl methyl sites for hydroxylation is 1. The summed E-state index contributed by atoms with van der Waals surface area (Å²) in [5.41, 5.74) is 2.99. The molecule has 0 radical (unpaired) electrons. The highest BCUT2D eigenvalue weighted by molar-refractivity contribution is 7.15. The molecule has 0 saturated carbocycles. The van der Waals surface area contributed by atoms with E-state index in [4.69, 9.17) is 0 Å². The van der Waals surface area contributed by atoms with Gasteiger partial charge in [-0.3, -0.25) is 10.1 Å². The highest BCUT2D eigenvalue weighted by Gasteiger charge is 2.14. The van der Waals surface area contributed by atoms with Gasteiger partial charge < -0.3 is 4.57 Å². The summed E-state index contributed by atoms with van der Waals surface area (Å²) < 4.78 is 1.95. The van der Waals surface area contributed by atoms with Crippen LogP contribution in [0.3, 0.4) is 0 Å². The molecule has 3 aromatic rings. The molecular formula is C23H25N5OS. The molecule has 2 aromatic heterocycles. The maximum atomic E-state index is 12.6. The predicted molar refractivity (Wildman–Crippen MR) is 121 cm³/mol. The highest BCUT2D eigenvalue weighted by atomic mass is 32.1.